The second-order valence-electron chi connectivity index (χ2n) is 13.1. The number of hydrogen-bond acceptors (Lipinski definition) is 8. The first-order valence-electron chi connectivity index (χ1n) is 17.0. The number of para-hydroxylation sites is 2. The largest absolute Gasteiger partial charge is 0.497 e. The van der Waals surface area contributed by atoms with Gasteiger partial charge in [0.1, 0.15) is 36.6 Å². The smallest absolute Gasteiger partial charge is 0.265 e. The molecule has 3 aromatic carbocycles. The second kappa shape index (κ2) is 15.0. The number of hydrogen-bond donors (Lipinski definition) is 0. The molecule has 12 heteroatoms. The number of amides is 1. The number of carbonyl (C=O) groups is 1. The summed E-state index contributed by atoms with van der Waals surface area (Å²) in [6, 6.07) is 16.3. The summed E-state index contributed by atoms with van der Waals surface area (Å²) in [5.74, 6) is 0.530. The lowest BCUT2D eigenvalue weighted by molar-refractivity contribution is -0.144. The van der Waals surface area contributed by atoms with E-state index in [-0.39, 0.29) is 36.4 Å². The number of halogens is 1. The van der Waals surface area contributed by atoms with Gasteiger partial charge in [-0.25, -0.2) is 12.8 Å². The summed E-state index contributed by atoms with van der Waals surface area (Å²) in [7, 11) is -2.51. The molecule has 3 aromatic rings. The third-order valence-electron chi connectivity index (χ3n) is 9.85. The van der Waals surface area contributed by atoms with E-state index in [1.807, 2.05) is 6.07 Å². The van der Waals surface area contributed by atoms with E-state index in [2.05, 4.69) is 4.90 Å². The average Bonchev–Trinajstić information content (AvgIpc) is 3.61. The van der Waals surface area contributed by atoms with E-state index in [1.54, 1.807) is 68.3 Å². The molecule has 0 aliphatic carbocycles. The molecule has 0 saturated carbocycles. The summed E-state index contributed by atoms with van der Waals surface area (Å²) in [6.07, 6.45) is 3.46. The van der Waals surface area contributed by atoms with Gasteiger partial charge in [0.2, 0.25) is 5.91 Å². The number of benzene rings is 3. The van der Waals surface area contributed by atoms with Gasteiger partial charge in [0.05, 0.1) is 36.5 Å². The van der Waals surface area contributed by atoms with Gasteiger partial charge in [-0.05, 0) is 106 Å². The van der Waals surface area contributed by atoms with Gasteiger partial charge in [-0.1, -0.05) is 24.3 Å². The Labute approximate surface area is 288 Å². The van der Waals surface area contributed by atoms with Crippen molar-refractivity contribution in [1.82, 2.24) is 9.80 Å². The number of rotatable bonds is 12. The molecule has 0 aromatic heterocycles. The minimum Gasteiger partial charge on any atom is -0.497 e. The summed E-state index contributed by atoms with van der Waals surface area (Å²) in [6.45, 7) is 7.67. The highest BCUT2D eigenvalue weighted by atomic mass is 32.2. The summed E-state index contributed by atoms with van der Waals surface area (Å²) < 4.78 is 68.2. The van der Waals surface area contributed by atoms with Crippen LogP contribution in [-0.2, 0) is 29.9 Å². The number of aryl methyl sites for hydroxylation is 2. The van der Waals surface area contributed by atoms with Crippen LogP contribution in [0.1, 0.15) is 42.4 Å². The SMILES string of the molecule is COc1cc(C)c(S(=O)(=O)N2c3ccccc3OCC2COCC(=O)N2CCC(OCCN3CCCC3)(c3cccc(F)c3)CC2)c(C)c1. The molecule has 3 aliphatic heterocycles. The molecule has 6 rings (SSSR count). The molecule has 3 heterocycles. The Morgan fingerprint density at radius 1 is 0.980 bits per heavy atom. The van der Waals surface area contributed by atoms with Crippen LogP contribution in [0.25, 0.3) is 0 Å². The normalized spacial score (nSPS) is 19.4. The van der Waals surface area contributed by atoms with E-state index in [1.165, 1.54) is 29.3 Å². The van der Waals surface area contributed by atoms with Crippen molar-refractivity contribution in [3.8, 4) is 11.5 Å². The lowest BCUT2D eigenvalue weighted by atomic mass is 9.84. The van der Waals surface area contributed by atoms with E-state index < -0.39 is 21.7 Å². The van der Waals surface area contributed by atoms with Crippen LogP contribution in [-0.4, -0.2) is 96.4 Å². The highest BCUT2D eigenvalue weighted by Crippen LogP contribution is 2.40. The predicted octanol–water partition coefficient (Wildman–Crippen LogP) is 5.05. The third kappa shape index (κ3) is 7.57. The topological polar surface area (TPSA) is 97.9 Å². The molecule has 2 fully saturated rings. The summed E-state index contributed by atoms with van der Waals surface area (Å²) in [5.41, 5.74) is 1.65. The van der Waals surface area contributed by atoms with E-state index in [0.29, 0.717) is 60.9 Å². The average molecular weight is 696 g/mol. The highest BCUT2D eigenvalue weighted by molar-refractivity contribution is 7.93. The summed E-state index contributed by atoms with van der Waals surface area (Å²) in [4.78, 5) is 17.7. The Morgan fingerprint density at radius 3 is 2.39 bits per heavy atom. The van der Waals surface area contributed by atoms with Crippen LogP contribution in [0.15, 0.2) is 65.6 Å². The van der Waals surface area contributed by atoms with Gasteiger partial charge >= 0.3 is 0 Å². The molecule has 0 bridgehead atoms. The highest BCUT2D eigenvalue weighted by Gasteiger charge is 2.41. The molecule has 10 nitrogen and oxygen atoms in total. The molecule has 0 radical (unpaired) electrons. The Morgan fingerprint density at radius 2 is 1.69 bits per heavy atom. The maximum atomic E-state index is 14.4. The zero-order chi connectivity index (χ0) is 34.6. The van der Waals surface area contributed by atoms with Gasteiger partial charge in [0, 0.05) is 19.6 Å². The van der Waals surface area contributed by atoms with Crippen LogP contribution in [0.5, 0.6) is 11.5 Å². The molecular weight excluding hydrogens is 649 g/mol. The number of anilines is 1. The molecule has 3 aliphatic rings. The summed E-state index contributed by atoms with van der Waals surface area (Å²) >= 11 is 0. The zero-order valence-electron chi connectivity index (χ0n) is 28.5. The molecule has 1 atom stereocenters. The monoisotopic (exact) mass is 695 g/mol. The van der Waals surface area contributed by atoms with Crippen molar-refractivity contribution in [3.63, 3.8) is 0 Å². The summed E-state index contributed by atoms with van der Waals surface area (Å²) in [5, 5.41) is 0. The number of sulfonamides is 1. The molecule has 0 spiro atoms. The van der Waals surface area contributed by atoms with Gasteiger partial charge in [-0.2, -0.15) is 0 Å². The van der Waals surface area contributed by atoms with E-state index >= 15 is 0 Å². The number of nitrogens with zero attached hydrogens (tertiary/aromatic N) is 3. The minimum absolute atomic E-state index is 0.0474. The number of methoxy groups -OCH3 is 1. The van der Waals surface area contributed by atoms with E-state index in [4.69, 9.17) is 18.9 Å². The van der Waals surface area contributed by atoms with Crippen LogP contribution >= 0.6 is 0 Å². The maximum Gasteiger partial charge on any atom is 0.265 e. The van der Waals surface area contributed by atoms with E-state index in [9.17, 15) is 17.6 Å². The minimum atomic E-state index is -4.06. The lowest BCUT2D eigenvalue weighted by Gasteiger charge is -2.42. The van der Waals surface area contributed by atoms with Crippen molar-refractivity contribution in [1.29, 1.82) is 0 Å². The standard InChI is InChI=1S/C37H46FN3O7S/c1-27-21-32(45-3)22-28(2)36(27)49(43,44)41-31(25-47-34-12-5-4-11-33(34)41)24-46-26-35(42)40-17-13-37(14-18-40,29-9-8-10-30(38)23-29)48-20-19-39-15-6-7-16-39/h4-5,8-12,21-23,31H,6-7,13-20,24-26H2,1-3H3. The molecular formula is C37H46FN3O7S. The van der Waals surface area contributed by atoms with E-state index in [0.717, 1.165) is 25.2 Å². The van der Waals surface area contributed by atoms with Crippen molar-refractivity contribution < 1.29 is 36.6 Å². The Kier molecular flexibility index (Phi) is 10.8. The number of ether oxygens (including phenoxy) is 4. The fourth-order valence-electron chi connectivity index (χ4n) is 7.34. The number of piperidine rings is 1. The molecule has 1 unspecified atom stereocenters. The van der Waals surface area contributed by atoms with Gasteiger partial charge in [0.25, 0.3) is 10.0 Å². The van der Waals surface area contributed by atoms with Crippen molar-refractivity contribution >= 4 is 21.6 Å². The first-order valence-corrected chi connectivity index (χ1v) is 18.4. The number of carbonyl (C=O) groups excluding carboxylic acids is 1. The van der Waals surface area contributed by atoms with Crippen molar-refractivity contribution in [3.05, 3.63) is 83.2 Å². The quantitative estimate of drug-likeness (QED) is 0.260. The van der Waals surface area contributed by atoms with Gasteiger partial charge < -0.3 is 28.7 Å². The lowest BCUT2D eigenvalue weighted by Crippen LogP contribution is -2.50. The Hall–Kier alpha value is -3.71. The molecule has 1 amide bonds. The molecule has 0 N–H and O–H groups in total. The number of likely N-dealkylation sites (tertiary alicyclic amines) is 2. The fourth-order valence-corrected chi connectivity index (χ4v) is 9.39. The van der Waals surface area contributed by atoms with Crippen LogP contribution in [0.2, 0.25) is 0 Å². The van der Waals surface area contributed by atoms with Crippen molar-refractivity contribution in [2.24, 2.45) is 0 Å². The van der Waals surface area contributed by atoms with Crippen LogP contribution in [0, 0.1) is 19.7 Å². The zero-order valence-corrected chi connectivity index (χ0v) is 29.3. The van der Waals surface area contributed by atoms with Gasteiger partial charge in [-0.3, -0.25) is 9.10 Å². The second-order valence-corrected chi connectivity index (χ2v) is 14.9. The fraction of sp³-hybridized carbons (Fsp3) is 0.486. The predicted molar refractivity (Wildman–Crippen MR) is 184 cm³/mol. The van der Waals surface area contributed by atoms with Gasteiger partial charge in [-0.15, -0.1) is 0 Å². The van der Waals surface area contributed by atoms with Crippen LogP contribution < -0.4 is 13.8 Å². The first-order chi connectivity index (χ1) is 23.6. The molecule has 264 valence electrons. The Balaban J connectivity index is 1.12. The first kappa shape index (κ1) is 35.1. The maximum absolute atomic E-state index is 14.4. The van der Waals surface area contributed by atoms with Crippen molar-refractivity contribution in [2.75, 3.05) is 70.6 Å². The van der Waals surface area contributed by atoms with Crippen LogP contribution in [0.3, 0.4) is 0 Å². The molecule has 2 saturated heterocycles. The molecule has 49 heavy (non-hydrogen) atoms. The number of fused-ring (bicyclic) bond motifs is 1. The van der Waals surface area contributed by atoms with Gasteiger partial charge in [0.15, 0.2) is 0 Å². The third-order valence-corrected chi connectivity index (χ3v) is 12.0. The van der Waals surface area contributed by atoms with Crippen LogP contribution in [0.4, 0.5) is 10.1 Å². The Bertz CT molecular complexity index is 1720. The van der Waals surface area contributed by atoms with Crippen molar-refractivity contribution in [2.45, 2.75) is 56.1 Å².